The third-order valence-electron chi connectivity index (χ3n) is 5.31. The normalized spacial score (nSPS) is 25.8. The summed E-state index contributed by atoms with van der Waals surface area (Å²) in [6.45, 7) is 7.14. The van der Waals surface area contributed by atoms with E-state index in [1.807, 2.05) is 0 Å². The number of quaternary nitrogens is 2. The van der Waals surface area contributed by atoms with Crippen LogP contribution < -0.4 is 20.8 Å². The van der Waals surface area contributed by atoms with Gasteiger partial charge in [0.15, 0.2) is 0 Å². The van der Waals surface area contributed by atoms with Crippen molar-refractivity contribution in [1.82, 2.24) is 0 Å². The minimum atomic E-state index is -2.19. The summed E-state index contributed by atoms with van der Waals surface area (Å²) < 4.78 is 11.1. The highest BCUT2D eigenvalue weighted by atomic mass is 16.5. The molecule has 0 aromatic rings. The van der Waals surface area contributed by atoms with Crippen molar-refractivity contribution in [3.8, 4) is 0 Å². The molecule has 0 aromatic carbocycles. The maximum atomic E-state index is 8.93. The predicted molar refractivity (Wildman–Crippen MR) is 78.4 cm³/mol. The summed E-state index contributed by atoms with van der Waals surface area (Å²) in [4.78, 5) is 17.9. The summed E-state index contributed by atoms with van der Waals surface area (Å²) in [6, 6.07) is 0. The Bertz CT molecular complexity index is 378. The van der Waals surface area contributed by atoms with Crippen LogP contribution in [-0.4, -0.2) is 62.5 Å². The second-order valence-corrected chi connectivity index (χ2v) is 6.87. The van der Waals surface area contributed by atoms with Gasteiger partial charge in [-0.2, -0.15) is 0 Å². The van der Waals surface area contributed by atoms with E-state index in [2.05, 4.69) is 10.6 Å². The zero-order valence-corrected chi connectivity index (χ0v) is 14.1. The standard InChI is InChI=1S/2C7H13NO.C2H2O4/c2*1-4-8-5-2-7(1)3-6-9-7;3-1(4)2(5)6/h2*8H,1-6H2;(H,3,4)(H,5,6). The molecule has 8 nitrogen and oxygen atoms in total. The van der Waals surface area contributed by atoms with Crippen molar-refractivity contribution in [3.63, 3.8) is 0 Å². The monoisotopic (exact) mass is 344 g/mol. The molecule has 4 rings (SSSR count). The van der Waals surface area contributed by atoms with Gasteiger partial charge in [0.2, 0.25) is 0 Å². The lowest BCUT2D eigenvalue weighted by Gasteiger charge is -2.43. The second-order valence-electron chi connectivity index (χ2n) is 6.87. The summed E-state index contributed by atoms with van der Waals surface area (Å²) in [5.74, 6) is -4.37. The van der Waals surface area contributed by atoms with E-state index in [9.17, 15) is 0 Å². The van der Waals surface area contributed by atoms with Crippen LogP contribution in [0.2, 0.25) is 0 Å². The summed E-state index contributed by atoms with van der Waals surface area (Å²) in [6.07, 6.45) is 7.78. The van der Waals surface area contributed by atoms with Gasteiger partial charge in [-0.1, -0.05) is 0 Å². The highest BCUT2D eigenvalue weighted by molar-refractivity contribution is 6.25. The van der Waals surface area contributed by atoms with Gasteiger partial charge in [-0.25, -0.2) is 0 Å². The third-order valence-corrected chi connectivity index (χ3v) is 5.31. The smallest absolute Gasteiger partial charge is 0.0870 e. The molecule has 4 aliphatic rings. The first kappa shape index (κ1) is 19.1. The van der Waals surface area contributed by atoms with Gasteiger partial charge < -0.3 is 39.9 Å². The Labute approximate surface area is 141 Å². The lowest BCUT2D eigenvalue weighted by molar-refractivity contribution is -0.670. The number of carbonyl (C=O) groups is 2. The largest absolute Gasteiger partial charge is 0.543 e. The van der Waals surface area contributed by atoms with Crippen LogP contribution in [0.15, 0.2) is 0 Å². The molecule has 0 aliphatic carbocycles. The van der Waals surface area contributed by atoms with Crippen molar-refractivity contribution >= 4 is 11.9 Å². The fraction of sp³-hybridized carbons (Fsp3) is 0.875. The minimum absolute atomic E-state index is 0.370. The van der Waals surface area contributed by atoms with E-state index in [1.54, 1.807) is 0 Å². The first-order valence-corrected chi connectivity index (χ1v) is 8.81. The molecule has 0 saturated carbocycles. The number of nitrogens with two attached hydrogens (primary N) is 2. The Morgan fingerprint density at radius 1 is 0.667 bits per heavy atom. The summed E-state index contributed by atoms with van der Waals surface area (Å²) in [7, 11) is 0. The number of carboxylic acids is 2. The van der Waals surface area contributed by atoms with Crippen molar-refractivity contribution in [2.24, 2.45) is 0 Å². The van der Waals surface area contributed by atoms with Crippen LogP contribution in [0.5, 0.6) is 0 Å². The van der Waals surface area contributed by atoms with Gasteiger partial charge in [0, 0.05) is 38.5 Å². The van der Waals surface area contributed by atoms with E-state index in [-0.39, 0.29) is 0 Å². The molecule has 2 spiro atoms. The van der Waals surface area contributed by atoms with Crippen molar-refractivity contribution in [3.05, 3.63) is 0 Å². The van der Waals surface area contributed by atoms with E-state index >= 15 is 0 Å². The van der Waals surface area contributed by atoms with Gasteiger partial charge in [0.25, 0.3) is 0 Å². The first-order valence-electron chi connectivity index (χ1n) is 8.81. The molecule has 4 fully saturated rings. The van der Waals surface area contributed by atoms with Gasteiger partial charge in [0.05, 0.1) is 62.5 Å². The average Bonchev–Trinajstić information content (AvgIpc) is 2.55. The van der Waals surface area contributed by atoms with Gasteiger partial charge in [-0.05, 0) is 0 Å². The molecular formula is C16H28N2O6. The van der Waals surface area contributed by atoms with E-state index in [0.29, 0.717) is 11.2 Å². The molecular weight excluding hydrogens is 316 g/mol. The molecule has 4 saturated heterocycles. The maximum absolute atomic E-state index is 8.93. The van der Waals surface area contributed by atoms with Crippen molar-refractivity contribution in [1.29, 1.82) is 0 Å². The third kappa shape index (κ3) is 5.41. The number of aliphatic carboxylic acids is 2. The molecule has 0 atom stereocenters. The molecule has 4 N–H and O–H groups in total. The zero-order valence-electron chi connectivity index (χ0n) is 14.1. The number of carbonyl (C=O) groups excluding carboxylic acids is 2. The van der Waals surface area contributed by atoms with Gasteiger partial charge in [-0.3, -0.25) is 0 Å². The Morgan fingerprint density at radius 2 is 0.958 bits per heavy atom. The van der Waals surface area contributed by atoms with Gasteiger partial charge in [0.1, 0.15) is 0 Å². The molecule has 0 unspecified atom stereocenters. The number of hydrogen-bond acceptors (Lipinski definition) is 6. The minimum Gasteiger partial charge on any atom is -0.543 e. The number of ether oxygens (including phenoxy) is 2. The number of piperidine rings is 2. The van der Waals surface area contributed by atoms with Crippen LogP contribution in [-0.2, 0) is 19.1 Å². The summed E-state index contributed by atoms with van der Waals surface area (Å²) in [5, 5.41) is 22.6. The molecule has 0 aromatic heterocycles. The van der Waals surface area contributed by atoms with Crippen molar-refractivity contribution < 1.29 is 39.9 Å². The molecule has 24 heavy (non-hydrogen) atoms. The average molecular weight is 344 g/mol. The molecule has 0 radical (unpaired) electrons. The van der Waals surface area contributed by atoms with Crippen LogP contribution in [0.4, 0.5) is 0 Å². The number of rotatable bonds is 0. The molecule has 8 heteroatoms. The van der Waals surface area contributed by atoms with Crippen LogP contribution in [0.3, 0.4) is 0 Å². The van der Waals surface area contributed by atoms with Gasteiger partial charge >= 0.3 is 0 Å². The fourth-order valence-corrected chi connectivity index (χ4v) is 3.57. The highest BCUT2D eigenvalue weighted by Gasteiger charge is 2.41. The predicted octanol–water partition coefficient (Wildman–Crippen LogP) is -4.51. The lowest BCUT2D eigenvalue weighted by Crippen LogP contribution is -2.88. The molecule has 4 heterocycles. The van der Waals surface area contributed by atoms with E-state index in [4.69, 9.17) is 29.3 Å². The van der Waals surface area contributed by atoms with Crippen LogP contribution in [0.1, 0.15) is 38.5 Å². The van der Waals surface area contributed by atoms with Crippen LogP contribution in [0.25, 0.3) is 0 Å². The van der Waals surface area contributed by atoms with Crippen molar-refractivity contribution in [2.45, 2.75) is 49.7 Å². The summed E-state index contributed by atoms with van der Waals surface area (Å²) in [5.41, 5.74) is 0.740. The number of carboxylic acid groups (broad SMARTS) is 2. The van der Waals surface area contributed by atoms with E-state index in [1.165, 1.54) is 64.7 Å². The fourth-order valence-electron chi connectivity index (χ4n) is 3.57. The Hall–Kier alpha value is -1.22. The zero-order chi connectivity index (χ0) is 17.5. The number of hydrogen-bond donors (Lipinski definition) is 2. The Kier molecular flexibility index (Phi) is 6.97. The van der Waals surface area contributed by atoms with E-state index < -0.39 is 11.9 Å². The maximum Gasteiger partial charge on any atom is 0.0870 e. The topological polar surface area (TPSA) is 132 Å². The van der Waals surface area contributed by atoms with Crippen molar-refractivity contribution in [2.75, 3.05) is 39.4 Å². The lowest BCUT2D eigenvalue weighted by atomic mass is 9.85. The SMILES string of the molecule is C1CC2(CC[NH2+]1)CCO2.C1CC2(CC[NH2+]1)CCO2.O=C([O-])C(=O)[O-]. The molecule has 0 bridgehead atoms. The quantitative estimate of drug-likeness (QED) is 0.426. The Morgan fingerprint density at radius 3 is 1.08 bits per heavy atom. The summed E-state index contributed by atoms with van der Waals surface area (Å²) >= 11 is 0. The second kappa shape index (κ2) is 8.75. The molecule has 0 amide bonds. The van der Waals surface area contributed by atoms with Gasteiger partial charge in [-0.15, -0.1) is 0 Å². The molecule has 138 valence electrons. The highest BCUT2D eigenvalue weighted by Crippen LogP contribution is 2.33. The van der Waals surface area contributed by atoms with Crippen LogP contribution >= 0.6 is 0 Å². The van der Waals surface area contributed by atoms with E-state index in [0.717, 1.165) is 13.2 Å². The first-order chi connectivity index (χ1) is 11.5. The Balaban J connectivity index is 0.000000134. The van der Waals surface area contributed by atoms with Crippen LogP contribution in [0, 0.1) is 0 Å². The molecule has 4 aliphatic heterocycles.